The quantitative estimate of drug-likeness (QED) is 0.506. The van der Waals surface area contributed by atoms with Gasteiger partial charge in [0.1, 0.15) is 5.82 Å². The Bertz CT molecular complexity index is 812. The number of halogens is 2. The van der Waals surface area contributed by atoms with E-state index in [0.29, 0.717) is 0 Å². The fourth-order valence-corrected chi connectivity index (χ4v) is 1.94. The van der Waals surface area contributed by atoms with Crippen molar-refractivity contribution < 1.29 is 23.6 Å². The topological polar surface area (TPSA) is 98.5 Å². The molecule has 0 aliphatic heterocycles. The molecule has 24 heavy (non-hydrogen) atoms. The number of nitro groups is 1. The van der Waals surface area contributed by atoms with Crippen LogP contribution >= 0.6 is 11.6 Å². The van der Waals surface area contributed by atoms with Crippen LogP contribution in [0.3, 0.4) is 0 Å². The number of anilines is 1. The molecule has 0 bridgehead atoms. The van der Waals surface area contributed by atoms with Crippen LogP contribution in [0.25, 0.3) is 0 Å². The lowest BCUT2D eigenvalue weighted by atomic mass is 10.2. The fourth-order valence-electron chi connectivity index (χ4n) is 1.74. The Morgan fingerprint density at radius 1 is 1.25 bits per heavy atom. The van der Waals surface area contributed by atoms with Crippen molar-refractivity contribution in [1.82, 2.24) is 0 Å². The van der Waals surface area contributed by atoms with Crippen LogP contribution in [-0.2, 0) is 9.53 Å². The monoisotopic (exact) mass is 352 g/mol. The van der Waals surface area contributed by atoms with E-state index in [4.69, 9.17) is 16.3 Å². The highest BCUT2D eigenvalue weighted by Gasteiger charge is 2.18. The number of hydrogen-bond acceptors (Lipinski definition) is 5. The van der Waals surface area contributed by atoms with Crippen molar-refractivity contribution in [2.24, 2.45) is 0 Å². The maximum absolute atomic E-state index is 13.4. The van der Waals surface area contributed by atoms with Crippen LogP contribution in [0.4, 0.5) is 15.8 Å². The summed E-state index contributed by atoms with van der Waals surface area (Å²) in [5.74, 6) is -2.42. The molecule has 2 aromatic rings. The van der Waals surface area contributed by atoms with E-state index in [9.17, 15) is 24.1 Å². The number of hydrogen-bond donors (Lipinski definition) is 1. The number of amides is 1. The first kappa shape index (κ1) is 17.4. The zero-order chi connectivity index (χ0) is 17.7. The van der Waals surface area contributed by atoms with E-state index in [1.807, 2.05) is 0 Å². The van der Waals surface area contributed by atoms with Crippen molar-refractivity contribution in [3.05, 3.63) is 69.0 Å². The van der Waals surface area contributed by atoms with E-state index in [1.54, 1.807) is 0 Å². The van der Waals surface area contributed by atoms with Crippen LogP contribution in [0.1, 0.15) is 10.4 Å². The van der Waals surface area contributed by atoms with Gasteiger partial charge in [0.15, 0.2) is 6.61 Å². The van der Waals surface area contributed by atoms with Crippen molar-refractivity contribution in [3.8, 4) is 0 Å². The first-order valence-corrected chi connectivity index (χ1v) is 6.91. The summed E-state index contributed by atoms with van der Waals surface area (Å²) in [6.07, 6.45) is 0. The largest absolute Gasteiger partial charge is 0.452 e. The van der Waals surface area contributed by atoms with E-state index in [0.717, 1.165) is 18.2 Å². The molecule has 1 N–H and O–H groups in total. The zero-order valence-electron chi connectivity index (χ0n) is 12.0. The van der Waals surface area contributed by atoms with Gasteiger partial charge in [0, 0.05) is 12.1 Å². The van der Waals surface area contributed by atoms with Crippen molar-refractivity contribution in [2.75, 3.05) is 11.9 Å². The molecule has 0 radical (unpaired) electrons. The maximum Gasteiger partial charge on any atom is 0.340 e. The Hall–Kier alpha value is -3.00. The molecule has 0 spiro atoms. The summed E-state index contributed by atoms with van der Waals surface area (Å²) in [6.45, 7) is -0.702. The molecule has 124 valence electrons. The van der Waals surface area contributed by atoms with Crippen LogP contribution < -0.4 is 5.32 Å². The van der Waals surface area contributed by atoms with E-state index in [2.05, 4.69) is 5.32 Å². The third-order valence-electron chi connectivity index (χ3n) is 2.86. The second-order valence-corrected chi connectivity index (χ2v) is 4.93. The number of nitrogens with one attached hydrogen (secondary N) is 1. The van der Waals surface area contributed by atoms with E-state index >= 15 is 0 Å². The van der Waals surface area contributed by atoms with Crippen LogP contribution in [0.5, 0.6) is 0 Å². The summed E-state index contributed by atoms with van der Waals surface area (Å²) in [4.78, 5) is 33.5. The van der Waals surface area contributed by atoms with Gasteiger partial charge < -0.3 is 10.1 Å². The number of esters is 1. The van der Waals surface area contributed by atoms with Gasteiger partial charge in [0.05, 0.1) is 21.2 Å². The van der Waals surface area contributed by atoms with Crippen LogP contribution in [-0.4, -0.2) is 23.4 Å². The highest BCUT2D eigenvalue weighted by molar-refractivity contribution is 6.33. The number of ether oxygens (including phenoxy) is 1. The molecular formula is C15H10ClFN2O5. The number of non-ortho nitro benzene ring substituents is 1. The van der Waals surface area contributed by atoms with Gasteiger partial charge in [0.2, 0.25) is 0 Å². The van der Waals surface area contributed by atoms with Crippen molar-refractivity contribution in [3.63, 3.8) is 0 Å². The molecule has 0 saturated heterocycles. The molecule has 2 rings (SSSR count). The second kappa shape index (κ2) is 7.51. The number of nitro benzene ring substituents is 1. The number of para-hydroxylation sites is 1. The number of carbonyl (C=O) groups is 2. The van der Waals surface area contributed by atoms with E-state index < -0.39 is 29.2 Å². The lowest BCUT2D eigenvalue weighted by molar-refractivity contribution is -0.384. The molecule has 1 amide bonds. The minimum atomic E-state index is -1.01. The van der Waals surface area contributed by atoms with Crippen molar-refractivity contribution in [1.29, 1.82) is 0 Å². The normalized spacial score (nSPS) is 10.1. The molecule has 0 aromatic heterocycles. The molecule has 0 atom stereocenters. The highest BCUT2D eigenvalue weighted by Crippen LogP contribution is 2.22. The molecule has 0 aliphatic rings. The first-order valence-electron chi connectivity index (χ1n) is 6.54. The van der Waals surface area contributed by atoms with Gasteiger partial charge in [-0.15, -0.1) is 0 Å². The van der Waals surface area contributed by atoms with Crippen molar-refractivity contribution in [2.45, 2.75) is 0 Å². The number of nitrogens with zero attached hydrogens (tertiary/aromatic N) is 1. The fraction of sp³-hybridized carbons (Fsp3) is 0.0667. The Morgan fingerprint density at radius 3 is 2.62 bits per heavy atom. The summed E-state index contributed by atoms with van der Waals surface area (Å²) >= 11 is 5.79. The predicted molar refractivity (Wildman–Crippen MR) is 83.4 cm³/mol. The van der Waals surface area contributed by atoms with Crippen LogP contribution in [0, 0.1) is 15.9 Å². The molecule has 0 fully saturated rings. The average molecular weight is 353 g/mol. The summed E-state index contributed by atoms with van der Waals surface area (Å²) in [6, 6.07) is 8.72. The van der Waals surface area contributed by atoms with Gasteiger partial charge in [-0.1, -0.05) is 23.7 Å². The van der Waals surface area contributed by atoms with Gasteiger partial charge in [-0.05, 0) is 18.2 Å². The maximum atomic E-state index is 13.4. The molecule has 2 aromatic carbocycles. The Kier molecular flexibility index (Phi) is 5.43. The molecule has 7 nitrogen and oxygen atoms in total. The third kappa shape index (κ3) is 4.26. The van der Waals surface area contributed by atoms with Gasteiger partial charge in [-0.2, -0.15) is 0 Å². The van der Waals surface area contributed by atoms with E-state index in [1.165, 1.54) is 24.3 Å². The molecule has 0 heterocycles. The number of carbonyl (C=O) groups excluding carboxylic acids is 2. The number of benzene rings is 2. The van der Waals surface area contributed by atoms with Gasteiger partial charge in [-0.3, -0.25) is 14.9 Å². The summed E-state index contributed by atoms with van der Waals surface area (Å²) < 4.78 is 18.1. The van der Waals surface area contributed by atoms with Crippen molar-refractivity contribution >= 4 is 34.9 Å². The van der Waals surface area contributed by atoms with Gasteiger partial charge in [-0.25, -0.2) is 9.18 Å². The minimum Gasteiger partial charge on any atom is -0.452 e. The smallest absolute Gasteiger partial charge is 0.340 e. The molecular weight excluding hydrogens is 343 g/mol. The lowest BCUT2D eigenvalue weighted by Gasteiger charge is -2.08. The lowest BCUT2D eigenvalue weighted by Crippen LogP contribution is -2.21. The van der Waals surface area contributed by atoms with Crippen LogP contribution in [0.15, 0.2) is 42.5 Å². The Labute approximate surface area is 140 Å². The Balaban J connectivity index is 2.00. The first-order chi connectivity index (χ1) is 11.4. The zero-order valence-corrected chi connectivity index (χ0v) is 12.7. The Morgan fingerprint density at radius 2 is 1.96 bits per heavy atom. The third-order valence-corrected chi connectivity index (χ3v) is 3.19. The number of rotatable bonds is 5. The molecule has 9 heteroatoms. The van der Waals surface area contributed by atoms with Gasteiger partial charge >= 0.3 is 5.97 Å². The second-order valence-electron chi connectivity index (χ2n) is 4.53. The highest BCUT2D eigenvalue weighted by atomic mass is 35.5. The van der Waals surface area contributed by atoms with Crippen LogP contribution in [0.2, 0.25) is 5.02 Å². The molecule has 0 saturated carbocycles. The van der Waals surface area contributed by atoms with E-state index in [-0.39, 0.29) is 22.0 Å². The summed E-state index contributed by atoms with van der Waals surface area (Å²) in [5.41, 5.74) is -0.654. The predicted octanol–water partition coefficient (Wildman–Crippen LogP) is 3.18. The summed E-state index contributed by atoms with van der Waals surface area (Å²) in [5, 5.41) is 12.9. The van der Waals surface area contributed by atoms with Gasteiger partial charge in [0.25, 0.3) is 11.6 Å². The molecule has 0 unspecified atom stereocenters. The summed E-state index contributed by atoms with van der Waals surface area (Å²) in [7, 11) is 0. The standard InChI is InChI=1S/C15H10ClFN2O5/c16-11-6-5-9(19(22)23)7-10(11)15(21)24-8-14(20)18-13-4-2-1-3-12(13)17/h1-7H,8H2,(H,18,20). The average Bonchev–Trinajstić information content (AvgIpc) is 2.55. The SMILES string of the molecule is O=C(COC(=O)c1cc([N+](=O)[O-])ccc1Cl)Nc1ccccc1F. The minimum absolute atomic E-state index is 0.0555. The molecule has 0 aliphatic carbocycles.